The summed E-state index contributed by atoms with van der Waals surface area (Å²) >= 11 is 0. The Morgan fingerprint density at radius 3 is 1.94 bits per heavy atom. The van der Waals surface area contributed by atoms with Gasteiger partial charge in [-0.25, -0.2) is 0 Å². The minimum absolute atomic E-state index is 0.151. The first-order chi connectivity index (χ1) is 8.03. The van der Waals surface area contributed by atoms with E-state index in [1.165, 1.54) is 0 Å². The molecule has 0 heterocycles. The number of benzene rings is 1. The zero-order valence-corrected chi connectivity index (χ0v) is 12.2. The zero-order valence-electron chi connectivity index (χ0n) is 11.3. The normalized spacial score (nSPS) is 16.3. The topological polar surface area (TPSA) is 83.6 Å². The lowest BCUT2D eigenvalue weighted by Gasteiger charge is -2.35. The molecule has 0 saturated carbocycles. The van der Waals surface area contributed by atoms with Gasteiger partial charge in [-0.3, -0.25) is 4.57 Å². The van der Waals surface area contributed by atoms with Crippen LogP contribution in [-0.2, 0) is 4.57 Å². The molecule has 0 bridgehead atoms. The van der Waals surface area contributed by atoms with E-state index in [-0.39, 0.29) is 11.3 Å². The standard InChI is InChI=1S/C13H22NO3P/c1-9(13(2,3)4)12(18(15,16)17)10-5-7-11(14)8-6-10/h5-9,12H,14H2,1-4H3,(H2,15,16,17). The predicted molar refractivity (Wildman–Crippen MR) is 74.3 cm³/mol. The Morgan fingerprint density at radius 2 is 1.61 bits per heavy atom. The fourth-order valence-corrected chi connectivity index (χ4v) is 3.53. The highest BCUT2D eigenvalue weighted by molar-refractivity contribution is 7.52. The Hall–Kier alpha value is -0.830. The third-order valence-corrected chi connectivity index (χ3v) is 4.95. The Kier molecular flexibility index (Phi) is 4.26. The molecule has 0 aliphatic rings. The summed E-state index contributed by atoms with van der Waals surface area (Å²) in [6, 6.07) is 6.74. The van der Waals surface area contributed by atoms with Gasteiger partial charge in [0.2, 0.25) is 0 Å². The quantitative estimate of drug-likeness (QED) is 0.582. The third kappa shape index (κ3) is 3.58. The molecule has 2 unspecified atom stereocenters. The summed E-state index contributed by atoms with van der Waals surface area (Å²) in [5.41, 5.74) is 5.85. The van der Waals surface area contributed by atoms with Crippen LogP contribution in [0.15, 0.2) is 24.3 Å². The summed E-state index contributed by atoms with van der Waals surface area (Å²) in [6.45, 7) is 7.83. The number of nitrogen functional groups attached to an aromatic ring is 1. The van der Waals surface area contributed by atoms with Crippen molar-refractivity contribution in [3.63, 3.8) is 0 Å². The highest BCUT2D eigenvalue weighted by atomic mass is 31.2. The van der Waals surface area contributed by atoms with Gasteiger partial charge in [0.05, 0.1) is 5.66 Å². The molecule has 0 radical (unpaired) electrons. The summed E-state index contributed by atoms with van der Waals surface area (Å²) in [7, 11) is -4.21. The first-order valence-corrected chi connectivity index (χ1v) is 7.62. The second kappa shape index (κ2) is 5.04. The molecule has 4 nitrogen and oxygen atoms in total. The maximum absolute atomic E-state index is 11.8. The highest BCUT2D eigenvalue weighted by Gasteiger charge is 2.40. The van der Waals surface area contributed by atoms with Crippen LogP contribution in [0.3, 0.4) is 0 Å². The molecule has 0 spiro atoms. The van der Waals surface area contributed by atoms with Crippen LogP contribution in [0.25, 0.3) is 0 Å². The van der Waals surface area contributed by atoms with E-state index < -0.39 is 13.3 Å². The molecule has 5 heteroatoms. The number of hydrogen-bond donors (Lipinski definition) is 3. The van der Waals surface area contributed by atoms with Gasteiger partial charge in [0.15, 0.2) is 0 Å². The molecule has 102 valence electrons. The van der Waals surface area contributed by atoms with Crippen molar-refractivity contribution in [1.29, 1.82) is 0 Å². The molecule has 0 aromatic heterocycles. The van der Waals surface area contributed by atoms with Crippen molar-refractivity contribution in [2.24, 2.45) is 11.3 Å². The molecule has 0 amide bonds. The molecule has 4 N–H and O–H groups in total. The van der Waals surface area contributed by atoms with Crippen molar-refractivity contribution in [3.8, 4) is 0 Å². The summed E-state index contributed by atoms with van der Waals surface area (Å²) in [5, 5.41) is 0. The number of anilines is 1. The SMILES string of the molecule is CC(C(c1ccc(N)cc1)P(=O)(O)O)C(C)(C)C. The number of rotatable bonds is 3. The molecule has 0 fully saturated rings. The van der Waals surface area contributed by atoms with Crippen molar-refractivity contribution in [1.82, 2.24) is 0 Å². The molecule has 0 aliphatic heterocycles. The van der Waals surface area contributed by atoms with E-state index in [1.807, 2.05) is 27.7 Å². The van der Waals surface area contributed by atoms with Gasteiger partial charge in [-0.2, -0.15) is 0 Å². The van der Waals surface area contributed by atoms with Gasteiger partial charge >= 0.3 is 7.60 Å². The van der Waals surface area contributed by atoms with Crippen molar-refractivity contribution in [2.75, 3.05) is 5.73 Å². The van der Waals surface area contributed by atoms with Crippen LogP contribution >= 0.6 is 7.60 Å². The summed E-state index contributed by atoms with van der Waals surface area (Å²) in [5.74, 6) is -0.151. The molecular weight excluding hydrogens is 249 g/mol. The van der Waals surface area contributed by atoms with Gasteiger partial charge < -0.3 is 15.5 Å². The summed E-state index contributed by atoms with van der Waals surface area (Å²) < 4.78 is 11.8. The van der Waals surface area contributed by atoms with E-state index in [2.05, 4.69) is 0 Å². The average Bonchev–Trinajstić information content (AvgIpc) is 2.17. The maximum Gasteiger partial charge on any atom is 0.333 e. The second-order valence-electron chi connectivity index (χ2n) is 5.86. The van der Waals surface area contributed by atoms with E-state index in [4.69, 9.17) is 5.73 Å². The van der Waals surface area contributed by atoms with E-state index in [0.717, 1.165) is 0 Å². The van der Waals surface area contributed by atoms with Gasteiger partial charge in [-0.15, -0.1) is 0 Å². The largest absolute Gasteiger partial charge is 0.399 e. The van der Waals surface area contributed by atoms with E-state index in [0.29, 0.717) is 11.3 Å². The van der Waals surface area contributed by atoms with Crippen molar-refractivity contribution in [3.05, 3.63) is 29.8 Å². The first-order valence-electron chi connectivity index (χ1n) is 5.94. The Labute approximate surface area is 108 Å². The summed E-state index contributed by atoms with van der Waals surface area (Å²) in [4.78, 5) is 19.2. The van der Waals surface area contributed by atoms with E-state index >= 15 is 0 Å². The van der Waals surface area contributed by atoms with Gasteiger partial charge in [0.25, 0.3) is 0 Å². The molecule has 18 heavy (non-hydrogen) atoms. The van der Waals surface area contributed by atoms with Gasteiger partial charge in [0.1, 0.15) is 0 Å². The first kappa shape index (κ1) is 15.2. The fraction of sp³-hybridized carbons (Fsp3) is 0.538. The lowest BCUT2D eigenvalue weighted by atomic mass is 9.78. The third-order valence-electron chi connectivity index (χ3n) is 3.48. The minimum Gasteiger partial charge on any atom is -0.399 e. The van der Waals surface area contributed by atoms with Crippen LogP contribution in [0.4, 0.5) is 5.69 Å². The van der Waals surface area contributed by atoms with Crippen LogP contribution in [0, 0.1) is 11.3 Å². The zero-order chi connectivity index (χ0) is 14.1. The highest BCUT2D eigenvalue weighted by Crippen LogP contribution is 2.59. The molecular formula is C13H22NO3P. The Balaban J connectivity index is 3.23. The predicted octanol–water partition coefficient (Wildman–Crippen LogP) is 3.17. The van der Waals surface area contributed by atoms with Crippen LogP contribution < -0.4 is 5.73 Å². The molecule has 0 aliphatic carbocycles. The molecule has 1 rings (SSSR count). The molecule has 1 aromatic carbocycles. The Morgan fingerprint density at radius 1 is 1.17 bits per heavy atom. The lowest BCUT2D eigenvalue weighted by molar-refractivity contribution is 0.228. The van der Waals surface area contributed by atoms with E-state index in [1.54, 1.807) is 24.3 Å². The minimum atomic E-state index is -4.21. The fourth-order valence-electron chi connectivity index (χ4n) is 1.94. The van der Waals surface area contributed by atoms with Gasteiger partial charge in [-0.05, 0) is 29.0 Å². The Bertz CT molecular complexity index is 444. The van der Waals surface area contributed by atoms with E-state index in [9.17, 15) is 14.4 Å². The molecule has 2 atom stereocenters. The van der Waals surface area contributed by atoms with Gasteiger partial charge in [0, 0.05) is 5.69 Å². The van der Waals surface area contributed by atoms with Crippen LogP contribution in [0.2, 0.25) is 0 Å². The lowest BCUT2D eigenvalue weighted by Crippen LogP contribution is -2.24. The van der Waals surface area contributed by atoms with Crippen molar-refractivity contribution >= 4 is 13.3 Å². The van der Waals surface area contributed by atoms with Crippen LogP contribution in [0.1, 0.15) is 38.9 Å². The monoisotopic (exact) mass is 271 g/mol. The maximum atomic E-state index is 11.8. The molecule has 0 saturated heterocycles. The summed E-state index contributed by atoms with van der Waals surface area (Å²) in [6.07, 6.45) is 0. The number of hydrogen-bond acceptors (Lipinski definition) is 2. The van der Waals surface area contributed by atoms with Crippen LogP contribution in [-0.4, -0.2) is 9.79 Å². The molecule has 1 aromatic rings. The second-order valence-corrected chi connectivity index (χ2v) is 7.59. The van der Waals surface area contributed by atoms with Crippen LogP contribution in [0.5, 0.6) is 0 Å². The van der Waals surface area contributed by atoms with Crippen molar-refractivity contribution < 1.29 is 14.4 Å². The average molecular weight is 271 g/mol. The number of nitrogens with two attached hydrogens (primary N) is 1. The smallest absolute Gasteiger partial charge is 0.333 e. The van der Waals surface area contributed by atoms with Gasteiger partial charge in [-0.1, -0.05) is 39.8 Å². The van der Waals surface area contributed by atoms with Crippen molar-refractivity contribution in [2.45, 2.75) is 33.4 Å².